The first-order valence-electron chi connectivity index (χ1n) is 6.74. The zero-order chi connectivity index (χ0) is 15.9. The number of fused-ring (bicyclic) bond motifs is 1. The Balaban J connectivity index is 1.98. The van der Waals surface area contributed by atoms with E-state index in [9.17, 15) is 15.3 Å². The van der Waals surface area contributed by atoms with Crippen LogP contribution in [-0.4, -0.2) is 78.0 Å². The lowest BCUT2D eigenvalue weighted by atomic mass is 10.1. The molecular formula is C12H17N5O5. The van der Waals surface area contributed by atoms with Gasteiger partial charge in [-0.25, -0.2) is 15.0 Å². The molecule has 1 aliphatic heterocycles. The summed E-state index contributed by atoms with van der Waals surface area (Å²) < 4.78 is 6.95. The lowest BCUT2D eigenvalue weighted by Crippen LogP contribution is -2.40. The minimum absolute atomic E-state index is 0.412. The summed E-state index contributed by atoms with van der Waals surface area (Å²) in [5.41, 5.74) is 0.899. The van der Waals surface area contributed by atoms with E-state index in [0.29, 0.717) is 17.0 Å². The van der Waals surface area contributed by atoms with Gasteiger partial charge in [0.05, 0.1) is 12.9 Å². The molecule has 3 rings (SSSR count). The second-order valence-corrected chi connectivity index (χ2v) is 5.02. The monoisotopic (exact) mass is 311 g/mol. The molecule has 0 spiro atoms. The first-order chi connectivity index (χ1) is 10.6. The van der Waals surface area contributed by atoms with Gasteiger partial charge in [-0.15, -0.1) is 0 Å². The number of aliphatic hydroxyl groups excluding tert-OH is 4. The van der Waals surface area contributed by atoms with Crippen LogP contribution in [0.4, 0.5) is 5.82 Å². The maximum absolute atomic E-state index is 10.2. The van der Waals surface area contributed by atoms with Crippen LogP contribution in [-0.2, 0) is 4.74 Å². The number of aromatic nitrogens is 4. The summed E-state index contributed by atoms with van der Waals surface area (Å²) in [6.07, 6.45) is -3.27. The van der Waals surface area contributed by atoms with Gasteiger partial charge in [-0.3, -0.25) is 4.57 Å². The number of ether oxygens (including phenoxy) is 1. The van der Waals surface area contributed by atoms with E-state index in [-0.39, 0.29) is 0 Å². The first-order valence-corrected chi connectivity index (χ1v) is 6.74. The van der Waals surface area contributed by atoms with E-state index in [4.69, 9.17) is 9.84 Å². The van der Waals surface area contributed by atoms with Crippen LogP contribution in [0.25, 0.3) is 11.2 Å². The van der Waals surface area contributed by atoms with Crippen molar-refractivity contribution < 1.29 is 25.2 Å². The van der Waals surface area contributed by atoms with Crippen molar-refractivity contribution in [3.05, 3.63) is 12.7 Å². The average Bonchev–Trinajstić information content (AvgIpc) is 3.09. The Morgan fingerprint density at radius 1 is 1.32 bits per heavy atom. The maximum Gasteiger partial charge on any atom is 0.167 e. The predicted octanol–water partition coefficient (Wildman–Crippen LogP) is -2.16. The Morgan fingerprint density at radius 3 is 2.77 bits per heavy atom. The molecule has 1 aliphatic rings. The van der Waals surface area contributed by atoms with Crippen LogP contribution in [0, 0.1) is 0 Å². The quantitative estimate of drug-likeness (QED) is 0.426. The Labute approximate surface area is 125 Å². The fourth-order valence-corrected chi connectivity index (χ4v) is 2.56. The van der Waals surface area contributed by atoms with Gasteiger partial charge in [0.15, 0.2) is 17.7 Å². The molecule has 2 aromatic rings. The number of rotatable bonds is 4. The van der Waals surface area contributed by atoms with E-state index in [1.807, 2.05) is 0 Å². The molecule has 5 atom stereocenters. The third-order valence-electron chi connectivity index (χ3n) is 3.71. The predicted molar refractivity (Wildman–Crippen MR) is 73.9 cm³/mol. The van der Waals surface area contributed by atoms with Gasteiger partial charge in [0.2, 0.25) is 0 Å². The zero-order valence-corrected chi connectivity index (χ0v) is 11.7. The van der Waals surface area contributed by atoms with E-state index in [1.165, 1.54) is 17.2 Å². The van der Waals surface area contributed by atoms with Gasteiger partial charge in [0, 0.05) is 7.05 Å². The molecule has 10 nitrogen and oxygen atoms in total. The standard InChI is InChI=1S/C12H17N5O5/c1-13-10-6-11(15-3-14-10)17(4-16-6)12-8(21)7(20)9(22-12)5(19)2-18/h3-5,7-9,12,18-21H,2H2,1H3,(H,13,14,15)/t5-,7+,8-,9-,12-/m1/s1. The maximum atomic E-state index is 10.2. The Hall–Kier alpha value is -1.85. The van der Waals surface area contributed by atoms with Gasteiger partial charge < -0.3 is 30.5 Å². The molecule has 0 unspecified atom stereocenters. The van der Waals surface area contributed by atoms with Crippen molar-refractivity contribution in [2.24, 2.45) is 0 Å². The normalized spacial score (nSPS) is 29.9. The van der Waals surface area contributed by atoms with Crippen molar-refractivity contribution in [3.8, 4) is 0 Å². The third-order valence-corrected chi connectivity index (χ3v) is 3.71. The van der Waals surface area contributed by atoms with Crippen molar-refractivity contribution in [2.75, 3.05) is 19.0 Å². The summed E-state index contributed by atoms with van der Waals surface area (Å²) >= 11 is 0. The van der Waals surface area contributed by atoms with Gasteiger partial charge in [-0.2, -0.15) is 0 Å². The topological polar surface area (TPSA) is 146 Å². The number of hydrogen-bond donors (Lipinski definition) is 5. The fraction of sp³-hybridized carbons (Fsp3) is 0.583. The van der Waals surface area contributed by atoms with Crippen LogP contribution in [0.5, 0.6) is 0 Å². The molecule has 22 heavy (non-hydrogen) atoms. The molecule has 0 amide bonds. The van der Waals surface area contributed by atoms with Crippen LogP contribution in [0.15, 0.2) is 12.7 Å². The van der Waals surface area contributed by atoms with Gasteiger partial charge in [-0.05, 0) is 0 Å². The molecular weight excluding hydrogens is 294 g/mol. The number of nitrogens with one attached hydrogen (secondary N) is 1. The minimum atomic E-state index is -1.34. The van der Waals surface area contributed by atoms with Crippen molar-refractivity contribution in [1.29, 1.82) is 0 Å². The van der Waals surface area contributed by atoms with E-state index < -0.39 is 37.3 Å². The number of nitrogens with zero attached hydrogens (tertiary/aromatic N) is 4. The summed E-state index contributed by atoms with van der Waals surface area (Å²) in [6.45, 7) is -0.585. The largest absolute Gasteiger partial charge is 0.394 e. The van der Waals surface area contributed by atoms with Crippen LogP contribution >= 0.6 is 0 Å². The number of aliphatic hydroxyl groups is 4. The average molecular weight is 311 g/mol. The van der Waals surface area contributed by atoms with Crippen LogP contribution < -0.4 is 5.32 Å². The van der Waals surface area contributed by atoms with Crippen molar-refractivity contribution >= 4 is 17.0 Å². The molecule has 2 aromatic heterocycles. The minimum Gasteiger partial charge on any atom is -0.394 e. The summed E-state index contributed by atoms with van der Waals surface area (Å²) in [6, 6.07) is 0. The van der Waals surface area contributed by atoms with Crippen LogP contribution in [0.3, 0.4) is 0 Å². The molecule has 120 valence electrons. The molecule has 0 aromatic carbocycles. The number of imidazole rings is 1. The number of anilines is 1. The highest BCUT2D eigenvalue weighted by Crippen LogP contribution is 2.33. The molecule has 3 heterocycles. The Morgan fingerprint density at radius 2 is 2.09 bits per heavy atom. The highest BCUT2D eigenvalue weighted by molar-refractivity contribution is 5.82. The van der Waals surface area contributed by atoms with Crippen LogP contribution in [0.2, 0.25) is 0 Å². The van der Waals surface area contributed by atoms with Gasteiger partial charge in [0.1, 0.15) is 36.3 Å². The zero-order valence-electron chi connectivity index (χ0n) is 11.7. The van der Waals surface area contributed by atoms with Crippen molar-refractivity contribution in [3.63, 3.8) is 0 Å². The molecule has 0 aliphatic carbocycles. The van der Waals surface area contributed by atoms with Gasteiger partial charge in [-0.1, -0.05) is 0 Å². The van der Waals surface area contributed by atoms with Crippen molar-refractivity contribution in [2.45, 2.75) is 30.6 Å². The smallest absolute Gasteiger partial charge is 0.167 e. The molecule has 0 saturated carbocycles. The molecule has 1 fully saturated rings. The summed E-state index contributed by atoms with van der Waals surface area (Å²) in [5, 5.41) is 41.6. The lowest BCUT2D eigenvalue weighted by Gasteiger charge is -2.18. The SMILES string of the molecule is CNc1ncnc2c1ncn2[C@@H]1O[C@H]([C@H](O)CO)[C@@H](O)[C@H]1O. The molecule has 0 bridgehead atoms. The van der Waals surface area contributed by atoms with Gasteiger partial charge in [0.25, 0.3) is 0 Å². The Bertz CT molecular complexity index is 664. The lowest BCUT2D eigenvalue weighted by molar-refractivity contribution is -0.0962. The summed E-state index contributed by atoms with van der Waals surface area (Å²) in [5.74, 6) is 0.517. The summed E-state index contributed by atoms with van der Waals surface area (Å²) in [4.78, 5) is 12.3. The first kappa shape index (κ1) is 15.1. The highest BCUT2D eigenvalue weighted by Gasteiger charge is 2.47. The van der Waals surface area contributed by atoms with E-state index in [2.05, 4.69) is 20.3 Å². The van der Waals surface area contributed by atoms with E-state index in [0.717, 1.165) is 0 Å². The van der Waals surface area contributed by atoms with Gasteiger partial charge >= 0.3 is 0 Å². The van der Waals surface area contributed by atoms with Crippen molar-refractivity contribution in [1.82, 2.24) is 19.5 Å². The summed E-state index contributed by atoms with van der Waals surface area (Å²) in [7, 11) is 1.69. The molecule has 5 N–H and O–H groups in total. The van der Waals surface area contributed by atoms with E-state index in [1.54, 1.807) is 7.05 Å². The second-order valence-electron chi connectivity index (χ2n) is 5.02. The molecule has 1 saturated heterocycles. The fourth-order valence-electron chi connectivity index (χ4n) is 2.56. The second kappa shape index (κ2) is 5.74. The molecule has 10 heteroatoms. The third kappa shape index (κ3) is 2.21. The number of hydrogen-bond acceptors (Lipinski definition) is 9. The highest BCUT2D eigenvalue weighted by atomic mass is 16.6. The van der Waals surface area contributed by atoms with Crippen LogP contribution in [0.1, 0.15) is 6.23 Å². The Kier molecular flexibility index (Phi) is 3.93. The van der Waals surface area contributed by atoms with E-state index >= 15 is 0 Å². The molecule has 0 radical (unpaired) electrons.